The molecule has 5 nitrogen and oxygen atoms in total. The summed E-state index contributed by atoms with van der Waals surface area (Å²) in [7, 11) is 0. The van der Waals surface area contributed by atoms with E-state index in [0.717, 1.165) is 29.9 Å². The molecule has 1 atom stereocenters. The first-order chi connectivity index (χ1) is 9.33. The van der Waals surface area contributed by atoms with E-state index in [-0.39, 0.29) is 0 Å². The molecule has 0 aliphatic heterocycles. The monoisotopic (exact) mass is 256 g/mol. The molecule has 1 N–H and O–H groups in total. The molecule has 0 aliphatic carbocycles. The molecule has 0 radical (unpaired) electrons. The molecule has 0 aliphatic rings. The van der Waals surface area contributed by atoms with Crippen LogP contribution in [0.4, 0.5) is 5.82 Å². The molecule has 0 saturated heterocycles. The molecule has 0 aromatic carbocycles. The van der Waals surface area contributed by atoms with Crippen LogP contribution in [0.5, 0.6) is 0 Å². The van der Waals surface area contributed by atoms with Crippen molar-refractivity contribution in [2.45, 2.75) is 13.5 Å². The first kappa shape index (κ1) is 11.8. The average molecular weight is 256 g/mol. The predicted molar refractivity (Wildman–Crippen MR) is 73.9 cm³/mol. The lowest BCUT2D eigenvalue weighted by molar-refractivity contribution is 0.467. The largest absolute Gasteiger partial charge is 0.464 e. The Hall–Kier alpha value is -2.30. The highest BCUT2D eigenvalue weighted by atomic mass is 16.3. The highest BCUT2D eigenvalue weighted by molar-refractivity contribution is 5.87. The molecular formula is C14H16N4O. The molecule has 0 saturated carbocycles. The van der Waals surface area contributed by atoms with Gasteiger partial charge in [0.2, 0.25) is 0 Å². The summed E-state index contributed by atoms with van der Waals surface area (Å²) in [4.78, 5) is 4.35. The molecule has 0 fully saturated rings. The number of pyridine rings is 1. The Kier molecular flexibility index (Phi) is 3.18. The molecule has 3 aromatic heterocycles. The number of fused-ring (bicyclic) bond motifs is 1. The zero-order valence-electron chi connectivity index (χ0n) is 10.8. The van der Waals surface area contributed by atoms with Crippen LogP contribution >= 0.6 is 0 Å². The Bertz CT molecular complexity index is 644. The minimum Gasteiger partial charge on any atom is -0.464 e. The number of anilines is 1. The first-order valence-corrected chi connectivity index (χ1v) is 6.36. The van der Waals surface area contributed by atoms with Gasteiger partial charge in [-0.1, -0.05) is 6.92 Å². The van der Waals surface area contributed by atoms with Crippen LogP contribution in [-0.4, -0.2) is 21.3 Å². The zero-order valence-corrected chi connectivity index (χ0v) is 10.8. The number of hydrogen-bond acceptors (Lipinski definition) is 4. The Morgan fingerprint density at radius 1 is 1.37 bits per heavy atom. The maximum Gasteiger partial charge on any atom is 0.139 e. The Balaban J connectivity index is 1.64. The van der Waals surface area contributed by atoms with Gasteiger partial charge >= 0.3 is 0 Å². The molecule has 98 valence electrons. The average Bonchev–Trinajstić information content (AvgIpc) is 3.06. The van der Waals surface area contributed by atoms with Crippen molar-refractivity contribution in [2.24, 2.45) is 5.92 Å². The second kappa shape index (κ2) is 5.14. The fourth-order valence-corrected chi connectivity index (χ4v) is 2.10. The number of hydrogen-bond donors (Lipinski definition) is 1. The molecule has 3 aromatic rings. The summed E-state index contributed by atoms with van der Waals surface area (Å²) in [6.07, 6.45) is 7.22. The number of rotatable bonds is 5. The van der Waals surface area contributed by atoms with E-state index in [0.29, 0.717) is 5.92 Å². The second-order valence-electron chi connectivity index (χ2n) is 4.71. The van der Waals surface area contributed by atoms with Gasteiger partial charge in [-0.2, -0.15) is 5.10 Å². The third-order valence-corrected chi connectivity index (χ3v) is 3.06. The van der Waals surface area contributed by atoms with Crippen molar-refractivity contribution in [2.75, 3.05) is 11.9 Å². The molecule has 1 unspecified atom stereocenters. The normalized spacial score (nSPS) is 12.7. The van der Waals surface area contributed by atoms with Gasteiger partial charge in [0.25, 0.3) is 0 Å². The van der Waals surface area contributed by atoms with Crippen molar-refractivity contribution in [1.82, 2.24) is 14.8 Å². The van der Waals surface area contributed by atoms with Gasteiger partial charge in [-0.25, -0.2) is 4.98 Å². The summed E-state index contributed by atoms with van der Waals surface area (Å²) in [5, 5.41) is 8.61. The van der Waals surface area contributed by atoms with Gasteiger partial charge in [0.15, 0.2) is 0 Å². The molecular weight excluding hydrogens is 240 g/mol. The smallest absolute Gasteiger partial charge is 0.139 e. The summed E-state index contributed by atoms with van der Waals surface area (Å²) in [6.45, 7) is 3.92. The van der Waals surface area contributed by atoms with E-state index in [9.17, 15) is 0 Å². The zero-order chi connectivity index (χ0) is 13.1. The van der Waals surface area contributed by atoms with Crippen molar-refractivity contribution in [1.29, 1.82) is 0 Å². The minimum absolute atomic E-state index is 0.462. The summed E-state index contributed by atoms with van der Waals surface area (Å²) in [5.41, 5.74) is 0.859. The SMILES string of the molecule is CC(CNc1nccc2occc12)Cn1cccn1. The summed E-state index contributed by atoms with van der Waals surface area (Å²) in [6, 6.07) is 5.74. The number of furan rings is 1. The van der Waals surface area contributed by atoms with E-state index in [4.69, 9.17) is 4.42 Å². The van der Waals surface area contributed by atoms with Crippen molar-refractivity contribution in [3.8, 4) is 0 Å². The van der Waals surface area contributed by atoms with Crippen molar-refractivity contribution < 1.29 is 4.42 Å². The first-order valence-electron chi connectivity index (χ1n) is 6.36. The summed E-state index contributed by atoms with van der Waals surface area (Å²) in [5.74, 6) is 1.34. The van der Waals surface area contributed by atoms with Crippen LogP contribution in [0.2, 0.25) is 0 Å². The van der Waals surface area contributed by atoms with Gasteiger partial charge in [-0.05, 0) is 24.1 Å². The molecule has 19 heavy (non-hydrogen) atoms. The lowest BCUT2D eigenvalue weighted by atomic mass is 10.2. The molecule has 0 bridgehead atoms. The fourth-order valence-electron chi connectivity index (χ4n) is 2.10. The van der Waals surface area contributed by atoms with Gasteiger partial charge in [-0.15, -0.1) is 0 Å². The molecule has 5 heteroatoms. The quantitative estimate of drug-likeness (QED) is 0.762. The number of nitrogens with zero attached hydrogens (tertiary/aromatic N) is 3. The van der Waals surface area contributed by atoms with Crippen LogP contribution in [0.25, 0.3) is 11.0 Å². The third kappa shape index (κ3) is 2.59. The van der Waals surface area contributed by atoms with Crippen LogP contribution in [0, 0.1) is 5.92 Å². The van der Waals surface area contributed by atoms with E-state index in [1.165, 1.54) is 0 Å². The van der Waals surface area contributed by atoms with Gasteiger partial charge in [-0.3, -0.25) is 4.68 Å². The number of aromatic nitrogens is 3. The van der Waals surface area contributed by atoms with Crippen molar-refractivity contribution >= 4 is 16.8 Å². The second-order valence-corrected chi connectivity index (χ2v) is 4.71. The lowest BCUT2D eigenvalue weighted by Gasteiger charge is -2.13. The summed E-state index contributed by atoms with van der Waals surface area (Å²) >= 11 is 0. The lowest BCUT2D eigenvalue weighted by Crippen LogP contribution is -2.17. The highest BCUT2D eigenvalue weighted by Gasteiger charge is 2.07. The third-order valence-electron chi connectivity index (χ3n) is 3.06. The maximum absolute atomic E-state index is 5.36. The van der Waals surface area contributed by atoms with E-state index in [2.05, 4.69) is 22.3 Å². The van der Waals surface area contributed by atoms with Crippen LogP contribution in [0.1, 0.15) is 6.92 Å². The van der Waals surface area contributed by atoms with Gasteiger partial charge in [0.05, 0.1) is 11.6 Å². The minimum atomic E-state index is 0.462. The Morgan fingerprint density at radius 3 is 3.16 bits per heavy atom. The van der Waals surface area contributed by atoms with Crippen LogP contribution in [-0.2, 0) is 6.54 Å². The van der Waals surface area contributed by atoms with E-state index in [1.54, 1.807) is 18.7 Å². The van der Waals surface area contributed by atoms with Crippen LogP contribution in [0.15, 0.2) is 47.5 Å². The molecule has 0 amide bonds. The van der Waals surface area contributed by atoms with Crippen molar-refractivity contribution in [3.63, 3.8) is 0 Å². The fraction of sp³-hybridized carbons (Fsp3) is 0.286. The van der Waals surface area contributed by atoms with Gasteiger partial charge in [0.1, 0.15) is 11.4 Å². The Labute approximate surface area is 111 Å². The van der Waals surface area contributed by atoms with Crippen LogP contribution < -0.4 is 5.32 Å². The maximum atomic E-state index is 5.36. The van der Waals surface area contributed by atoms with E-state index < -0.39 is 0 Å². The number of nitrogens with one attached hydrogen (secondary N) is 1. The molecule has 3 rings (SSSR count). The Morgan fingerprint density at radius 2 is 2.32 bits per heavy atom. The molecule has 3 heterocycles. The van der Waals surface area contributed by atoms with Gasteiger partial charge < -0.3 is 9.73 Å². The van der Waals surface area contributed by atoms with Gasteiger partial charge in [0, 0.05) is 31.7 Å². The predicted octanol–water partition coefficient (Wildman–Crippen LogP) is 2.77. The van der Waals surface area contributed by atoms with Crippen LogP contribution in [0.3, 0.4) is 0 Å². The standard InChI is InChI=1S/C14H16N4O/c1-11(10-18-7-2-5-17-18)9-16-14-12-4-8-19-13(12)3-6-15-14/h2-8,11H,9-10H2,1H3,(H,15,16). The van der Waals surface area contributed by atoms with Crippen molar-refractivity contribution in [3.05, 3.63) is 43.1 Å². The highest BCUT2D eigenvalue weighted by Crippen LogP contribution is 2.21. The summed E-state index contributed by atoms with van der Waals surface area (Å²) < 4.78 is 7.30. The molecule has 0 spiro atoms. The van der Waals surface area contributed by atoms with E-state index >= 15 is 0 Å². The topological polar surface area (TPSA) is 55.9 Å². The van der Waals surface area contributed by atoms with E-state index in [1.807, 2.05) is 29.1 Å².